The van der Waals surface area contributed by atoms with E-state index in [9.17, 15) is 9.59 Å². The van der Waals surface area contributed by atoms with Crippen LogP contribution in [0.1, 0.15) is 77.6 Å². The van der Waals surface area contributed by atoms with Crippen molar-refractivity contribution in [3.63, 3.8) is 0 Å². The monoisotopic (exact) mass is 346 g/mol. The van der Waals surface area contributed by atoms with Gasteiger partial charge in [0.05, 0.1) is 0 Å². The molecule has 4 heteroatoms. The van der Waals surface area contributed by atoms with Crippen LogP contribution in [0.2, 0.25) is 0 Å². The van der Waals surface area contributed by atoms with Crippen LogP contribution in [-0.4, -0.2) is 24.4 Å². The van der Waals surface area contributed by atoms with Crippen molar-refractivity contribution in [2.75, 3.05) is 6.54 Å². The molecule has 0 saturated heterocycles. The maximum absolute atomic E-state index is 12.9. The Hall–Kier alpha value is -1.06. The summed E-state index contributed by atoms with van der Waals surface area (Å²) in [4.78, 5) is 25.1. The molecule has 0 aromatic rings. The van der Waals surface area contributed by atoms with Crippen LogP contribution in [0.5, 0.6) is 0 Å². The van der Waals surface area contributed by atoms with Crippen LogP contribution < -0.4 is 10.6 Å². The van der Waals surface area contributed by atoms with E-state index < -0.39 is 0 Å². The molecule has 2 amide bonds. The van der Waals surface area contributed by atoms with Crippen molar-refractivity contribution in [3.8, 4) is 0 Å². The molecule has 5 aliphatic rings. The fourth-order valence-corrected chi connectivity index (χ4v) is 6.73. The van der Waals surface area contributed by atoms with Crippen molar-refractivity contribution in [2.24, 2.45) is 29.1 Å². The van der Waals surface area contributed by atoms with Crippen molar-refractivity contribution < 1.29 is 9.59 Å². The highest BCUT2D eigenvalue weighted by molar-refractivity contribution is 5.84. The molecule has 5 rings (SSSR count). The molecule has 5 saturated carbocycles. The molecule has 140 valence electrons. The SMILES string of the molecule is CC1CCCC(NC(=O)CCNC(=O)C23CC4CC(CC(C4)C2)C3)C1. The lowest BCUT2D eigenvalue weighted by Crippen LogP contribution is -2.53. The van der Waals surface area contributed by atoms with Gasteiger partial charge >= 0.3 is 0 Å². The Morgan fingerprint density at radius 3 is 2.20 bits per heavy atom. The summed E-state index contributed by atoms with van der Waals surface area (Å²) >= 11 is 0. The molecule has 4 nitrogen and oxygen atoms in total. The Labute approximate surface area is 151 Å². The minimum absolute atomic E-state index is 0.0932. The second-order valence-electron chi connectivity index (χ2n) is 9.74. The molecule has 5 aliphatic carbocycles. The summed E-state index contributed by atoms with van der Waals surface area (Å²) in [6.07, 6.45) is 12.5. The maximum Gasteiger partial charge on any atom is 0.226 e. The lowest BCUT2D eigenvalue weighted by atomic mass is 9.49. The third-order valence-corrected chi connectivity index (χ3v) is 7.46. The fourth-order valence-electron chi connectivity index (χ4n) is 6.73. The molecule has 2 N–H and O–H groups in total. The topological polar surface area (TPSA) is 58.2 Å². The molecule has 0 aliphatic heterocycles. The van der Waals surface area contributed by atoms with Crippen LogP contribution in [-0.2, 0) is 9.59 Å². The zero-order valence-corrected chi connectivity index (χ0v) is 15.7. The number of hydrogen-bond acceptors (Lipinski definition) is 2. The first kappa shape index (κ1) is 17.4. The van der Waals surface area contributed by atoms with Crippen LogP contribution in [0.3, 0.4) is 0 Å². The lowest BCUT2D eigenvalue weighted by Gasteiger charge is -2.55. The molecule has 5 fully saturated rings. The predicted octanol–water partition coefficient (Wildman–Crippen LogP) is 3.40. The quantitative estimate of drug-likeness (QED) is 0.801. The van der Waals surface area contributed by atoms with Crippen molar-refractivity contribution in [1.29, 1.82) is 0 Å². The third kappa shape index (κ3) is 3.73. The van der Waals surface area contributed by atoms with Gasteiger partial charge in [-0.2, -0.15) is 0 Å². The van der Waals surface area contributed by atoms with Crippen LogP contribution in [0.4, 0.5) is 0 Å². The summed E-state index contributed by atoms with van der Waals surface area (Å²) in [5.41, 5.74) is -0.0932. The summed E-state index contributed by atoms with van der Waals surface area (Å²) in [6, 6.07) is 0.343. The molecular weight excluding hydrogens is 312 g/mol. The van der Waals surface area contributed by atoms with Gasteiger partial charge in [-0.25, -0.2) is 0 Å². The fraction of sp³-hybridized carbons (Fsp3) is 0.905. The minimum Gasteiger partial charge on any atom is -0.355 e. The lowest BCUT2D eigenvalue weighted by molar-refractivity contribution is -0.146. The summed E-state index contributed by atoms with van der Waals surface area (Å²) < 4.78 is 0. The first-order valence-electron chi connectivity index (χ1n) is 10.6. The molecular formula is C21H34N2O2. The molecule has 0 aromatic carbocycles. The highest BCUT2D eigenvalue weighted by atomic mass is 16.2. The Bertz CT molecular complexity index is 495. The standard InChI is InChI=1S/C21H34N2O2/c1-14-3-2-4-18(7-14)23-19(24)5-6-22-20(25)21-11-15-8-16(12-21)10-17(9-15)13-21/h14-18H,2-13H2,1H3,(H,22,25)(H,23,24). The second-order valence-corrected chi connectivity index (χ2v) is 9.74. The summed E-state index contributed by atoms with van der Waals surface area (Å²) in [5, 5.41) is 6.29. The van der Waals surface area contributed by atoms with Crippen LogP contribution in [0, 0.1) is 29.1 Å². The van der Waals surface area contributed by atoms with E-state index in [1.807, 2.05) is 0 Å². The maximum atomic E-state index is 12.9. The first-order chi connectivity index (χ1) is 12.0. The molecule has 0 aromatic heterocycles. The van der Waals surface area contributed by atoms with E-state index in [-0.39, 0.29) is 17.2 Å². The number of amides is 2. The molecule has 0 spiro atoms. The van der Waals surface area contributed by atoms with Gasteiger partial charge < -0.3 is 10.6 Å². The first-order valence-corrected chi connectivity index (χ1v) is 10.6. The molecule has 0 heterocycles. The Morgan fingerprint density at radius 2 is 1.60 bits per heavy atom. The number of rotatable bonds is 5. The number of carbonyl (C=O) groups excluding carboxylic acids is 2. The number of carbonyl (C=O) groups is 2. The number of hydrogen-bond donors (Lipinski definition) is 2. The predicted molar refractivity (Wildman–Crippen MR) is 97.8 cm³/mol. The van der Waals surface area contributed by atoms with Crippen molar-refractivity contribution in [1.82, 2.24) is 10.6 Å². The van der Waals surface area contributed by atoms with Gasteiger partial charge in [0.1, 0.15) is 0 Å². The van der Waals surface area contributed by atoms with E-state index >= 15 is 0 Å². The van der Waals surface area contributed by atoms with E-state index in [1.165, 1.54) is 32.1 Å². The van der Waals surface area contributed by atoms with E-state index in [0.29, 0.717) is 19.0 Å². The van der Waals surface area contributed by atoms with Crippen LogP contribution in [0.15, 0.2) is 0 Å². The van der Waals surface area contributed by atoms with Crippen LogP contribution in [0.25, 0.3) is 0 Å². The summed E-state index contributed by atoms with van der Waals surface area (Å²) in [7, 11) is 0. The van der Waals surface area contributed by atoms with Crippen molar-refractivity contribution in [3.05, 3.63) is 0 Å². The van der Waals surface area contributed by atoms with Gasteiger partial charge in [-0.05, 0) is 75.0 Å². The zero-order valence-electron chi connectivity index (χ0n) is 15.7. The van der Waals surface area contributed by atoms with Crippen molar-refractivity contribution >= 4 is 11.8 Å². The molecule has 0 radical (unpaired) electrons. The Kier molecular flexibility index (Phi) is 4.81. The largest absolute Gasteiger partial charge is 0.355 e. The van der Waals surface area contributed by atoms with E-state index in [2.05, 4.69) is 17.6 Å². The van der Waals surface area contributed by atoms with Gasteiger partial charge in [-0.1, -0.05) is 19.8 Å². The minimum atomic E-state index is -0.0932. The van der Waals surface area contributed by atoms with Gasteiger partial charge in [0.2, 0.25) is 11.8 Å². The normalized spacial score (nSPS) is 42.2. The third-order valence-electron chi connectivity index (χ3n) is 7.46. The Balaban J connectivity index is 1.22. The number of nitrogens with one attached hydrogen (secondary N) is 2. The second kappa shape index (κ2) is 6.92. The highest BCUT2D eigenvalue weighted by Crippen LogP contribution is 2.60. The van der Waals surface area contributed by atoms with Crippen LogP contribution >= 0.6 is 0 Å². The molecule has 4 bridgehead atoms. The molecule has 25 heavy (non-hydrogen) atoms. The van der Waals surface area contributed by atoms with Gasteiger partial charge in [-0.3, -0.25) is 9.59 Å². The van der Waals surface area contributed by atoms with E-state index in [4.69, 9.17) is 0 Å². The van der Waals surface area contributed by atoms with Crippen molar-refractivity contribution in [2.45, 2.75) is 83.6 Å². The summed E-state index contributed by atoms with van der Waals surface area (Å²) in [6.45, 7) is 2.76. The van der Waals surface area contributed by atoms with Gasteiger partial charge in [0.15, 0.2) is 0 Å². The summed E-state index contributed by atoms with van der Waals surface area (Å²) in [5.74, 6) is 3.42. The van der Waals surface area contributed by atoms with Gasteiger partial charge in [0.25, 0.3) is 0 Å². The highest BCUT2D eigenvalue weighted by Gasteiger charge is 2.54. The molecule has 2 atom stereocenters. The molecule has 2 unspecified atom stereocenters. The average Bonchev–Trinajstić information content (AvgIpc) is 2.53. The smallest absolute Gasteiger partial charge is 0.226 e. The zero-order chi connectivity index (χ0) is 17.4. The van der Waals surface area contributed by atoms with E-state index in [0.717, 1.165) is 55.8 Å². The Morgan fingerprint density at radius 1 is 0.960 bits per heavy atom. The van der Waals surface area contributed by atoms with Gasteiger partial charge in [-0.15, -0.1) is 0 Å². The van der Waals surface area contributed by atoms with Gasteiger partial charge in [0, 0.05) is 24.4 Å². The average molecular weight is 347 g/mol. The van der Waals surface area contributed by atoms with E-state index in [1.54, 1.807) is 0 Å².